The summed E-state index contributed by atoms with van der Waals surface area (Å²) in [4.78, 5) is 31.4. The highest BCUT2D eigenvalue weighted by molar-refractivity contribution is 6.35. The molecule has 1 aliphatic heterocycles. The van der Waals surface area contributed by atoms with Gasteiger partial charge in [-0.1, -0.05) is 74.6 Å². The summed E-state index contributed by atoms with van der Waals surface area (Å²) in [6.45, 7) is 3.27. The molecule has 0 atom stereocenters. The second kappa shape index (κ2) is 10.7. The minimum atomic E-state index is -0.155. The number of imide groups is 1. The first-order valence-corrected chi connectivity index (χ1v) is 12.2. The number of likely N-dealkylation sites (N-methyl/N-ethyl adjacent to an activating group) is 1. The monoisotopic (exact) mass is 446 g/mol. The topological polar surface area (TPSA) is 49.9 Å². The lowest BCUT2D eigenvalue weighted by atomic mass is 9.95. The van der Waals surface area contributed by atoms with Crippen molar-refractivity contribution in [1.29, 1.82) is 0 Å². The number of benzene rings is 2. The fourth-order valence-corrected chi connectivity index (χ4v) is 5.02. The Hall–Kier alpha value is -3.08. The van der Waals surface area contributed by atoms with Crippen molar-refractivity contribution in [2.24, 2.45) is 0 Å². The molecule has 1 saturated carbocycles. The largest absolute Gasteiger partial charge is 0.497 e. The van der Waals surface area contributed by atoms with Crippen LogP contribution in [0.2, 0.25) is 0 Å². The minimum Gasteiger partial charge on any atom is -0.497 e. The molecule has 2 aromatic carbocycles. The summed E-state index contributed by atoms with van der Waals surface area (Å²) in [5.74, 6) is 0.428. The maximum absolute atomic E-state index is 13.9. The number of carbonyl (C=O) groups excluding carboxylic acids is 2. The number of rotatable bonds is 7. The third kappa shape index (κ3) is 4.97. The van der Waals surface area contributed by atoms with Gasteiger partial charge in [0.1, 0.15) is 11.4 Å². The van der Waals surface area contributed by atoms with E-state index in [4.69, 9.17) is 4.74 Å². The Kier molecular flexibility index (Phi) is 7.48. The van der Waals surface area contributed by atoms with Gasteiger partial charge in [0, 0.05) is 19.1 Å². The predicted molar refractivity (Wildman–Crippen MR) is 130 cm³/mol. The molecule has 0 saturated heterocycles. The van der Waals surface area contributed by atoms with E-state index in [0.717, 1.165) is 42.6 Å². The molecular weight excluding hydrogens is 412 g/mol. The van der Waals surface area contributed by atoms with Gasteiger partial charge >= 0.3 is 0 Å². The van der Waals surface area contributed by atoms with Crippen molar-refractivity contribution < 1.29 is 14.3 Å². The summed E-state index contributed by atoms with van der Waals surface area (Å²) in [5.41, 5.74) is 2.93. The molecule has 0 bridgehead atoms. The van der Waals surface area contributed by atoms with Gasteiger partial charge in [0.25, 0.3) is 11.8 Å². The predicted octanol–water partition coefficient (Wildman–Crippen LogP) is 5.41. The van der Waals surface area contributed by atoms with Crippen LogP contribution in [0.15, 0.2) is 60.3 Å². The number of nitrogens with zero attached hydrogens (tertiary/aromatic N) is 2. The number of ether oxygens (including phenoxy) is 1. The maximum Gasteiger partial charge on any atom is 0.278 e. The van der Waals surface area contributed by atoms with E-state index in [1.165, 1.54) is 19.3 Å². The van der Waals surface area contributed by atoms with Crippen molar-refractivity contribution >= 4 is 17.4 Å². The molecule has 0 spiro atoms. The molecule has 0 radical (unpaired) electrons. The number of methoxy groups -OCH3 is 1. The van der Waals surface area contributed by atoms with Crippen molar-refractivity contribution in [3.63, 3.8) is 0 Å². The number of hydrogen-bond acceptors (Lipinski definition) is 4. The van der Waals surface area contributed by atoms with Gasteiger partial charge in [0.05, 0.1) is 12.7 Å². The van der Waals surface area contributed by atoms with E-state index >= 15 is 0 Å². The molecular formula is C28H34N2O3. The van der Waals surface area contributed by atoms with Crippen LogP contribution in [-0.4, -0.2) is 41.3 Å². The Morgan fingerprint density at radius 1 is 0.879 bits per heavy atom. The maximum atomic E-state index is 13.9. The highest BCUT2D eigenvalue weighted by Crippen LogP contribution is 2.36. The van der Waals surface area contributed by atoms with Gasteiger partial charge in [-0.05, 0) is 43.0 Å². The first kappa shape index (κ1) is 23.1. The van der Waals surface area contributed by atoms with E-state index in [0.29, 0.717) is 24.4 Å². The summed E-state index contributed by atoms with van der Waals surface area (Å²) in [6, 6.07) is 17.6. The average Bonchev–Trinajstić information content (AvgIpc) is 3.08. The van der Waals surface area contributed by atoms with Gasteiger partial charge in [0.15, 0.2) is 0 Å². The van der Waals surface area contributed by atoms with E-state index in [1.807, 2.05) is 49.4 Å². The molecule has 1 heterocycles. The number of carbonyl (C=O) groups is 2. The summed E-state index contributed by atoms with van der Waals surface area (Å²) in [6.07, 6.45) is 7.51. The van der Waals surface area contributed by atoms with Crippen LogP contribution in [0.4, 0.5) is 0 Å². The van der Waals surface area contributed by atoms with E-state index in [-0.39, 0.29) is 17.9 Å². The zero-order valence-electron chi connectivity index (χ0n) is 19.8. The summed E-state index contributed by atoms with van der Waals surface area (Å²) >= 11 is 0. The Morgan fingerprint density at radius 2 is 1.52 bits per heavy atom. The highest BCUT2D eigenvalue weighted by atomic mass is 16.5. The molecule has 2 amide bonds. The first-order valence-electron chi connectivity index (χ1n) is 12.2. The molecule has 1 aliphatic carbocycles. The lowest BCUT2D eigenvalue weighted by Gasteiger charge is -2.30. The molecule has 33 heavy (non-hydrogen) atoms. The molecule has 2 aliphatic rings. The smallest absolute Gasteiger partial charge is 0.278 e. The number of amides is 2. The summed E-state index contributed by atoms with van der Waals surface area (Å²) < 4.78 is 5.31. The Labute approximate surface area is 197 Å². The molecule has 0 N–H and O–H groups in total. The zero-order chi connectivity index (χ0) is 23.2. The van der Waals surface area contributed by atoms with Crippen LogP contribution in [0.5, 0.6) is 5.75 Å². The molecule has 0 aromatic heterocycles. The van der Waals surface area contributed by atoms with Gasteiger partial charge in [0.2, 0.25) is 0 Å². The van der Waals surface area contributed by atoms with Gasteiger partial charge in [-0.25, -0.2) is 0 Å². The third-order valence-electron chi connectivity index (χ3n) is 6.82. The summed E-state index contributed by atoms with van der Waals surface area (Å²) in [5, 5.41) is 0. The molecule has 5 nitrogen and oxygen atoms in total. The van der Waals surface area contributed by atoms with Gasteiger partial charge in [-0.3, -0.25) is 14.5 Å². The van der Waals surface area contributed by atoms with Gasteiger partial charge in [-0.2, -0.15) is 0 Å². The normalized spacial score (nSPS) is 17.8. The van der Waals surface area contributed by atoms with Crippen molar-refractivity contribution in [2.75, 3.05) is 13.7 Å². The van der Waals surface area contributed by atoms with Gasteiger partial charge < -0.3 is 9.64 Å². The highest BCUT2D eigenvalue weighted by Gasteiger charge is 2.44. The van der Waals surface area contributed by atoms with Crippen LogP contribution in [0.25, 0.3) is 5.57 Å². The lowest BCUT2D eigenvalue weighted by Crippen LogP contribution is -2.42. The van der Waals surface area contributed by atoms with Crippen LogP contribution < -0.4 is 4.74 Å². The molecule has 0 unspecified atom stereocenters. The van der Waals surface area contributed by atoms with E-state index in [1.54, 1.807) is 12.0 Å². The third-order valence-corrected chi connectivity index (χ3v) is 6.82. The zero-order valence-corrected chi connectivity index (χ0v) is 19.8. The van der Waals surface area contributed by atoms with Crippen LogP contribution in [-0.2, 0) is 16.1 Å². The first-order chi connectivity index (χ1) is 16.1. The fraction of sp³-hybridized carbons (Fsp3) is 0.429. The average molecular weight is 447 g/mol. The van der Waals surface area contributed by atoms with Gasteiger partial charge in [-0.15, -0.1) is 0 Å². The van der Waals surface area contributed by atoms with E-state index < -0.39 is 0 Å². The van der Waals surface area contributed by atoms with E-state index in [2.05, 4.69) is 17.0 Å². The van der Waals surface area contributed by atoms with Crippen LogP contribution in [0, 0.1) is 0 Å². The van der Waals surface area contributed by atoms with Crippen molar-refractivity contribution in [1.82, 2.24) is 9.80 Å². The standard InChI is InChI=1S/C28H34N2O3/c1-3-29(20-21-12-8-7-9-13-21)26-25(22-16-18-24(33-2)19-17-22)27(31)30(28(26)32)23-14-10-5-4-6-11-15-23/h7-9,12-13,16-19,23H,3-6,10-11,14-15,20H2,1-2H3. The van der Waals surface area contributed by atoms with Crippen LogP contribution >= 0.6 is 0 Å². The van der Waals surface area contributed by atoms with Crippen molar-refractivity contribution in [3.05, 3.63) is 71.4 Å². The molecule has 4 rings (SSSR count). The van der Waals surface area contributed by atoms with Crippen molar-refractivity contribution in [3.8, 4) is 5.75 Å². The Balaban J connectivity index is 1.74. The second-order valence-electron chi connectivity index (χ2n) is 8.93. The fourth-order valence-electron chi connectivity index (χ4n) is 5.02. The molecule has 5 heteroatoms. The Bertz CT molecular complexity index is 990. The lowest BCUT2D eigenvalue weighted by molar-refractivity contribution is -0.140. The van der Waals surface area contributed by atoms with Crippen molar-refractivity contribution in [2.45, 2.75) is 64.5 Å². The number of hydrogen-bond donors (Lipinski definition) is 0. The SMILES string of the molecule is CCN(Cc1ccccc1)C1=C(c2ccc(OC)cc2)C(=O)N(C2CCCCCCC2)C1=O. The minimum absolute atomic E-state index is 0.0218. The van der Waals surface area contributed by atoms with E-state index in [9.17, 15) is 9.59 Å². The molecule has 2 aromatic rings. The Morgan fingerprint density at radius 3 is 2.12 bits per heavy atom. The van der Waals surface area contributed by atoms with Crippen LogP contribution in [0.3, 0.4) is 0 Å². The molecule has 1 fully saturated rings. The summed E-state index contributed by atoms with van der Waals surface area (Å²) in [7, 11) is 1.62. The van der Waals surface area contributed by atoms with Crippen LogP contribution in [0.1, 0.15) is 63.0 Å². The quantitative estimate of drug-likeness (QED) is 0.534. The molecule has 174 valence electrons. The second-order valence-corrected chi connectivity index (χ2v) is 8.93.